The molecule has 10 atom stereocenters. The van der Waals surface area contributed by atoms with Crippen molar-refractivity contribution in [3.8, 4) is 0 Å². The summed E-state index contributed by atoms with van der Waals surface area (Å²) in [5.74, 6) is 5.12. The van der Waals surface area contributed by atoms with Gasteiger partial charge in [-0.1, -0.05) is 45.8 Å². The molecule has 2 heterocycles. The first-order valence-electron chi connectivity index (χ1n) is 14.2. The SMILES string of the molecule is CC1=C2C[C@H]3[C@@H](CC[C@@H]4CC(C)(C)CC[C@@]43C)[C@@H]2CC[C@@]2(C1)O[C@@H]1C[C@H](C)CN[C@H]1[C@H]2C. The van der Waals surface area contributed by atoms with E-state index >= 15 is 0 Å². The van der Waals surface area contributed by atoms with E-state index < -0.39 is 0 Å². The molecule has 3 saturated carbocycles. The number of piperidine rings is 1. The third-order valence-corrected chi connectivity index (χ3v) is 12.2. The fourth-order valence-corrected chi connectivity index (χ4v) is 10.2. The molecular weight excluding hydrogens is 390 g/mol. The van der Waals surface area contributed by atoms with E-state index in [9.17, 15) is 0 Å². The Bertz CT molecular complexity index is 799. The maximum absolute atomic E-state index is 7.06. The minimum Gasteiger partial charge on any atom is -0.369 e. The molecular formula is C30H49NO. The van der Waals surface area contributed by atoms with Crippen molar-refractivity contribution in [1.29, 1.82) is 0 Å². The van der Waals surface area contributed by atoms with E-state index in [0.29, 0.717) is 28.9 Å². The van der Waals surface area contributed by atoms with Gasteiger partial charge in [-0.05, 0) is 118 Å². The van der Waals surface area contributed by atoms with E-state index in [4.69, 9.17) is 4.74 Å². The average molecular weight is 440 g/mol. The lowest BCUT2D eigenvalue weighted by Crippen LogP contribution is -2.48. The van der Waals surface area contributed by atoms with Crippen molar-refractivity contribution < 1.29 is 4.74 Å². The van der Waals surface area contributed by atoms with Crippen LogP contribution in [0, 0.1) is 46.3 Å². The number of rotatable bonds is 0. The molecule has 2 saturated heterocycles. The third-order valence-electron chi connectivity index (χ3n) is 12.2. The number of nitrogens with one attached hydrogen (secondary N) is 1. The highest BCUT2D eigenvalue weighted by atomic mass is 16.5. The Hall–Kier alpha value is -0.340. The monoisotopic (exact) mass is 439 g/mol. The Morgan fingerprint density at radius 2 is 1.81 bits per heavy atom. The highest BCUT2D eigenvalue weighted by molar-refractivity contribution is 5.29. The largest absolute Gasteiger partial charge is 0.369 e. The molecule has 6 rings (SSSR count). The zero-order valence-electron chi connectivity index (χ0n) is 21.8. The van der Waals surface area contributed by atoms with Gasteiger partial charge in [0, 0.05) is 12.0 Å². The summed E-state index contributed by atoms with van der Waals surface area (Å²) in [6.07, 6.45) is 14.4. The molecule has 0 aromatic heterocycles. The molecule has 1 N–H and O–H groups in total. The topological polar surface area (TPSA) is 21.3 Å². The lowest BCUT2D eigenvalue weighted by atomic mass is 9.49. The minimum absolute atomic E-state index is 0.0965. The van der Waals surface area contributed by atoms with Gasteiger partial charge in [-0.2, -0.15) is 0 Å². The van der Waals surface area contributed by atoms with Crippen LogP contribution in [0.1, 0.15) is 106 Å². The first-order chi connectivity index (χ1) is 15.1. The lowest BCUT2D eigenvalue weighted by Gasteiger charge is -2.56. The van der Waals surface area contributed by atoms with Crippen molar-refractivity contribution in [3.63, 3.8) is 0 Å². The van der Waals surface area contributed by atoms with Gasteiger partial charge in [0.1, 0.15) is 0 Å². The van der Waals surface area contributed by atoms with Crippen LogP contribution in [0.5, 0.6) is 0 Å². The molecule has 0 unspecified atom stereocenters. The summed E-state index contributed by atoms with van der Waals surface area (Å²) in [6, 6.07) is 0.578. The van der Waals surface area contributed by atoms with Crippen LogP contribution < -0.4 is 5.32 Å². The normalized spacial score (nSPS) is 54.6. The molecule has 0 amide bonds. The van der Waals surface area contributed by atoms with Gasteiger partial charge < -0.3 is 10.1 Å². The van der Waals surface area contributed by atoms with Gasteiger partial charge in [0.2, 0.25) is 0 Å². The Kier molecular flexibility index (Phi) is 5.07. The summed E-state index contributed by atoms with van der Waals surface area (Å²) < 4.78 is 7.06. The molecule has 5 fully saturated rings. The van der Waals surface area contributed by atoms with Crippen molar-refractivity contribution in [2.45, 2.75) is 123 Å². The zero-order valence-corrected chi connectivity index (χ0v) is 21.8. The standard InChI is InChI=1S/C30H49NO/c1-18-13-26-27(31-17-18)20(3)30(32-26)10-9-22-23-8-7-21-16-28(4,5)11-12-29(21,6)25(23)14-24(22)19(2)15-30/h18,20-23,25-27,31H,7-17H2,1-6H3/t18-,20+,21+,22-,23-,25-,26+,27-,29-,30-/m0/s1. The van der Waals surface area contributed by atoms with Crippen LogP contribution in [-0.2, 0) is 4.74 Å². The zero-order chi connectivity index (χ0) is 22.5. The highest BCUT2D eigenvalue weighted by Gasteiger charge is 2.59. The van der Waals surface area contributed by atoms with E-state index in [0.717, 1.165) is 29.6 Å². The molecule has 180 valence electrons. The molecule has 0 aromatic rings. The van der Waals surface area contributed by atoms with Gasteiger partial charge in [-0.3, -0.25) is 0 Å². The summed E-state index contributed by atoms with van der Waals surface area (Å²) in [6.45, 7) is 16.3. The lowest BCUT2D eigenvalue weighted by molar-refractivity contribution is -0.0787. The van der Waals surface area contributed by atoms with Crippen LogP contribution in [0.25, 0.3) is 0 Å². The van der Waals surface area contributed by atoms with Crippen LogP contribution in [0.4, 0.5) is 0 Å². The van der Waals surface area contributed by atoms with E-state index in [1.165, 1.54) is 70.8 Å². The van der Waals surface area contributed by atoms with Crippen LogP contribution in [0.3, 0.4) is 0 Å². The summed E-state index contributed by atoms with van der Waals surface area (Å²) in [5, 5.41) is 3.88. The first-order valence-corrected chi connectivity index (χ1v) is 14.2. The molecule has 32 heavy (non-hydrogen) atoms. The maximum Gasteiger partial charge on any atom is 0.0765 e. The quantitative estimate of drug-likeness (QED) is 0.405. The van der Waals surface area contributed by atoms with Gasteiger partial charge in [0.25, 0.3) is 0 Å². The van der Waals surface area contributed by atoms with Gasteiger partial charge in [-0.15, -0.1) is 0 Å². The molecule has 0 bridgehead atoms. The predicted octanol–water partition coefficient (Wildman–Crippen LogP) is 7.14. The molecule has 4 aliphatic carbocycles. The summed E-state index contributed by atoms with van der Waals surface area (Å²) in [7, 11) is 0. The van der Waals surface area contributed by atoms with Gasteiger partial charge in [-0.25, -0.2) is 0 Å². The third kappa shape index (κ3) is 3.17. The predicted molar refractivity (Wildman–Crippen MR) is 132 cm³/mol. The van der Waals surface area contributed by atoms with Crippen LogP contribution in [-0.4, -0.2) is 24.3 Å². The molecule has 2 nitrogen and oxygen atoms in total. The second kappa shape index (κ2) is 7.33. The molecule has 6 aliphatic rings. The fourth-order valence-electron chi connectivity index (χ4n) is 10.2. The van der Waals surface area contributed by atoms with Crippen molar-refractivity contribution in [1.82, 2.24) is 5.32 Å². The number of fused-ring (bicyclic) bond motifs is 6. The van der Waals surface area contributed by atoms with E-state index in [-0.39, 0.29) is 5.60 Å². The average Bonchev–Trinajstić information content (AvgIpc) is 3.19. The second-order valence-electron chi connectivity index (χ2n) is 14.5. The van der Waals surface area contributed by atoms with Crippen LogP contribution >= 0.6 is 0 Å². The van der Waals surface area contributed by atoms with Crippen molar-refractivity contribution in [3.05, 3.63) is 11.1 Å². The molecule has 0 aromatic carbocycles. The Morgan fingerprint density at radius 3 is 2.62 bits per heavy atom. The Labute approximate surface area is 197 Å². The number of allylic oxidation sites excluding steroid dienone is 1. The smallest absolute Gasteiger partial charge is 0.0765 e. The summed E-state index contributed by atoms with van der Waals surface area (Å²) in [4.78, 5) is 0. The molecule has 2 aliphatic heterocycles. The van der Waals surface area contributed by atoms with E-state index in [1.807, 2.05) is 5.57 Å². The maximum atomic E-state index is 7.06. The van der Waals surface area contributed by atoms with Gasteiger partial charge >= 0.3 is 0 Å². The van der Waals surface area contributed by atoms with Crippen molar-refractivity contribution >= 4 is 0 Å². The van der Waals surface area contributed by atoms with Crippen molar-refractivity contribution in [2.75, 3.05) is 6.54 Å². The summed E-state index contributed by atoms with van der Waals surface area (Å²) >= 11 is 0. The van der Waals surface area contributed by atoms with Crippen LogP contribution in [0.2, 0.25) is 0 Å². The number of hydrogen-bond acceptors (Lipinski definition) is 2. The number of ether oxygens (including phenoxy) is 1. The Balaban J connectivity index is 1.27. The van der Waals surface area contributed by atoms with E-state index in [1.54, 1.807) is 5.57 Å². The van der Waals surface area contributed by atoms with Crippen molar-refractivity contribution in [2.24, 2.45) is 46.3 Å². The highest BCUT2D eigenvalue weighted by Crippen LogP contribution is 2.66. The van der Waals surface area contributed by atoms with E-state index in [2.05, 4.69) is 46.9 Å². The minimum atomic E-state index is 0.0965. The second-order valence-corrected chi connectivity index (χ2v) is 14.5. The number of hydrogen-bond donors (Lipinski definition) is 1. The molecule has 0 radical (unpaired) electrons. The first kappa shape index (κ1) is 22.1. The molecule has 1 spiro atoms. The summed E-state index contributed by atoms with van der Waals surface area (Å²) in [5.41, 5.74) is 4.90. The fraction of sp³-hybridized carbons (Fsp3) is 0.933. The van der Waals surface area contributed by atoms with Crippen LogP contribution in [0.15, 0.2) is 11.1 Å². The Morgan fingerprint density at radius 1 is 1.00 bits per heavy atom. The molecule has 2 heteroatoms. The van der Waals surface area contributed by atoms with Gasteiger partial charge in [0.15, 0.2) is 0 Å². The van der Waals surface area contributed by atoms with Gasteiger partial charge in [0.05, 0.1) is 11.7 Å².